The molecule has 0 saturated heterocycles. The number of nitrogens with one attached hydrogen (secondary N) is 1. The lowest BCUT2D eigenvalue weighted by Crippen LogP contribution is -2.14. The van der Waals surface area contributed by atoms with E-state index in [-0.39, 0.29) is 12.4 Å². The standard InChI is InChI=1S/C17H19BrFNO2/c1-3-20-10-13-14(18)8-9-16(21-2)17(13)22-11-12-6-4-5-7-15(12)19/h4-9,20H,3,10-11H2,1-2H3. The van der Waals surface area contributed by atoms with E-state index in [0.29, 0.717) is 23.6 Å². The lowest BCUT2D eigenvalue weighted by Gasteiger charge is -2.17. The number of hydrogen-bond acceptors (Lipinski definition) is 3. The molecule has 0 unspecified atom stereocenters. The number of hydrogen-bond donors (Lipinski definition) is 1. The van der Waals surface area contributed by atoms with E-state index < -0.39 is 0 Å². The monoisotopic (exact) mass is 367 g/mol. The first-order valence-corrected chi connectivity index (χ1v) is 7.89. The Labute approximate surface area is 138 Å². The van der Waals surface area contributed by atoms with Gasteiger partial charge in [-0.1, -0.05) is 41.1 Å². The second kappa shape index (κ2) is 8.15. The van der Waals surface area contributed by atoms with Gasteiger partial charge in [-0.2, -0.15) is 0 Å². The van der Waals surface area contributed by atoms with Crippen molar-refractivity contribution in [2.75, 3.05) is 13.7 Å². The van der Waals surface area contributed by atoms with E-state index in [4.69, 9.17) is 9.47 Å². The number of ether oxygens (including phenoxy) is 2. The van der Waals surface area contributed by atoms with Crippen molar-refractivity contribution in [3.63, 3.8) is 0 Å². The molecule has 0 bridgehead atoms. The maximum absolute atomic E-state index is 13.7. The minimum Gasteiger partial charge on any atom is -0.493 e. The van der Waals surface area contributed by atoms with Gasteiger partial charge in [-0.25, -0.2) is 4.39 Å². The summed E-state index contributed by atoms with van der Waals surface area (Å²) in [7, 11) is 1.59. The highest BCUT2D eigenvalue weighted by atomic mass is 79.9. The van der Waals surface area contributed by atoms with Crippen LogP contribution in [-0.2, 0) is 13.2 Å². The van der Waals surface area contributed by atoms with Crippen molar-refractivity contribution >= 4 is 15.9 Å². The molecule has 0 heterocycles. The molecule has 0 aromatic heterocycles. The highest BCUT2D eigenvalue weighted by molar-refractivity contribution is 9.10. The summed E-state index contributed by atoms with van der Waals surface area (Å²) in [5, 5.41) is 3.27. The highest BCUT2D eigenvalue weighted by Crippen LogP contribution is 2.36. The molecule has 0 fully saturated rings. The first kappa shape index (κ1) is 16.8. The summed E-state index contributed by atoms with van der Waals surface area (Å²) in [6.07, 6.45) is 0. The lowest BCUT2D eigenvalue weighted by molar-refractivity contribution is 0.276. The van der Waals surface area contributed by atoms with Gasteiger partial charge < -0.3 is 14.8 Å². The van der Waals surface area contributed by atoms with E-state index in [0.717, 1.165) is 16.6 Å². The van der Waals surface area contributed by atoms with E-state index >= 15 is 0 Å². The zero-order valence-electron chi connectivity index (χ0n) is 12.7. The fourth-order valence-corrected chi connectivity index (χ4v) is 2.53. The first-order valence-electron chi connectivity index (χ1n) is 7.09. The van der Waals surface area contributed by atoms with Crippen LogP contribution < -0.4 is 14.8 Å². The van der Waals surface area contributed by atoms with Crippen LogP contribution >= 0.6 is 15.9 Å². The Balaban J connectivity index is 2.27. The minimum atomic E-state index is -0.273. The molecule has 0 aliphatic rings. The van der Waals surface area contributed by atoms with Gasteiger partial charge in [0.05, 0.1) is 7.11 Å². The van der Waals surface area contributed by atoms with E-state index in [1.165, 1.54) is 6.07 Å². The molecule has 0 aliphatic heterocycles. The second-order valence-electron chi connectivity index (χ2n) is 4.72. The maximum atomic E-state index is 13.7. The Bertz CT molecular complexity index is 634. The normalized spacial score (nSPS) is 10.5. The fraction of sp³-hybridized carbons (Fsp3) is 0.294. The zero-order chi connectivity index (χ0) is 15.9. The Kier molecular flexibility index (Phi) is 6.21. The predicted octanol–water partition coefficient (Wildman–Crippen LogP) is 4.29. The largest absolute Gasteiger partial charge is 0.493 e. The molecule has 2 rings (SSSR count). The van der Waals surface area contributed by atoms with Crippen LogP contribution in [0.2, 0.25) is 0 Å². The summed E-state index contributed by atoms with van der Waals surface area (Å²) < 4.78 is 25.9. The van der Waals surface area contributed by atoms with Gasteiger partial charge in [0.25, 0.3) is 0 Å². The molecule has 0 amide bonds. The molecule has 0 radical (unpaired) electrons. The number of rotatable bonds is 7. The van der Waals surface area contributed by atoms with Crippen molar-refractivity contribution in [2.24, 2.45) is 0 Å². The highest BCUT2D eigenvalue weighted by Gasteiger charge is 2.15. The van der Waals surface area contributed by atoms with Crippen LogP contribution in [0.3, 0.4) is 0 Å². The molecule has 5 heteroatoms. The Hall–Kier alpha value is -1.59. The SMILES string of the molecule is CCNCc1c(Br)ccc(OC)c1OCc1ccccc1F. The zero-order valence-corrected chi connectivity index (χ0v) is 14.2. The van der Waals surface area contributed by atoms with E-state index in [2.05, 4.69) is 21.2 Å². The summed E-state index contributed by atoms with van der Waals surface area (Å²) in [5.74, 6) is 0.984. The second-order valence-corrected chi connectivity index (χ2v) is 5.57. The summed E-state index contributed by atoms with van der Waals surface area (Å²) >= 11 is 3.53. The van der Waals surface area contributed by atoms with Crippen LogP contribution in [0.25, 0.3) is 0 Å². The molecule has 3 nitrogen and oxygen atoms in total. The molecule has 22 heavy (non-hydrogen) atoms. The molecular formula is C17H19BrFNO2. The summed E-state index contributed by atoms with van der Waals surface area (Å²) in [5.41, 5.74) is 1.47. The van der Waals surface area contributed by atoms with Crippen LogP contribution in [-0.4, -0.2) is 13.7 Å². The van der Waals surface area contributed by atoms with Gasteiger partial charge in [0.1, 0.15) is 12.4 Å². The maximum Gasteiger partial charge on any atom is 0.167 e. The van der Waals surface area contributed by atoms with Gasteiger partial charge in [0.15, 0.2) is 11.5 Å². The van der Waals surface area contributed by atoms with Crippen molar-refractivity contribution in [3.8, 4) is 11.5 Å². The molecular weight excluding hydrogens is 349 g/mol. The minimum absolute atomic E-state index is 0.151. The first-order chi connectivity index (χ1) is 10.7. The molecule has 0 saturated carbocycles. The van der Waals surface area contributed by atoms with Crippen LogP contribution in [0.15, 0.2) is 40.9 Å². The van der Waals surface area contributed by atoms with Crippen LogP contribution in [0.1, 0.15) is 18.1 Å². The number of benzene rings is 2. The lowest BCUT2D eigenvalue weighted by atomic mass is 10.1. The average Bonchev–Trinajstić information content (AvgIpc) is 2.53. The Morgan fingerprint density at radius 2 is 1.95 bits per heavy atom. The van der Waals surface area contributed by atoms with Crippen molar-refractivity contribution in [3.05, 3.63) is 57.8 Å². The van der Waals surface area contributed by atoms with E-state index in [1.54, 1.807) is 25.3 Å². The Morgan fingerprint density at radius 3 is 2.64 bits per heavy atom. The van der Waals surface area contributed by atoms with Crippen LogP contribution in [0.4, 0.5) is 4.39 Å². The Morgan fingerprint density at radius 1 is 1.18 bits per heavy atom. The predicted molar refractivity (Wildman–Crippen MR) is 88.8 cm³/mol. The van der Waals surface area contributed by atoms with Gasteiger partial charge in [0.2, 0.25) is 0 Å². The quantitative estimate of drug-likeness (QED) is 0.791. The summed E-state index contributed by atoms with van der Waals surface area (Å²) in [4.78, 5) is 0. The molecule has 0 atom stereocenters. The molecule has 1 N–H and O–H groups in total. The molecule has 2 aromatic rings. The van der Waals surface area contributed by atoms with Gasteiger partial charge in [-0.3, -0.25) is 0 Å². The number of halogens is 2. The van der Waals surface area contributed by atoms with Crippen molar-refractivity contribution < 1.29 is 13.9 Å². The smallest absolute Gasteiger partial charge is 0.167 e. The van der Waals surface area contributed by atoms with Gasteiger partial charge in [-0.05, 0) is 24.7 Å². The van der Waals surface area contributed by atoms with Gasteiger partial charge >= 0.3 is 0 Å². The molecule has 118 valence electrons. The van der Waals surface area contributed by atoms with Crippen molar-refractivity contribution in [1.82, 2.24) is 5.32 Å². The summed E-state index contributed by atoms with van der Waals surface area (Å²) in [6, 6.07) is 10.3. The molecule has 0 aliphatic carbocycles. The molecule has 2 aromatic carbocycles. The van der Waals surface area contributed by atoms with Crippen molar-refractivity contribution in [2.45, 2.75) is 20.1 Å². The third-order valence-electron chi connectivity index (χ3n) is 3.27. The number of methoxy groups -OCH3 is 1. The van der Waals surface area contributed by atoms with Crippen molar-refractivity contribution in [1.29, 1.82) is 0 Å². The van der Waals surface area contributed by atoms with Gasteiger partial charge in [-0.15, -0.1) is 0 Å². The average molecular weight is 368 g/mol. The summed E-state index contributed by atoms with van der Waals surface area (Å²) in [6.45, 7) is 3.67. The third-order valence-corrected chi connectivity index (χ3v) is 4.01. The fourth-order valence-electron chi connectivity index (χ4n) is 2.08. The van der Waals surface area contributed by atoms with E-state index in [1.807, 2.05) is 19.1 Å². The molecule has 0 spiro atoms. The van der Waals surface area contributed by atoms with Crippen LogP contribution in [0.5, 0.6) is 11.5 Å². The van der Waals surface area contributed by atoms with E-state index in [9.17, 15) is 4.39 Å². The topological polar surface area (TPSA) is 30.5 Å². The van der Waals surface area contributed by atoms with Crippen LogP contribution in [0, 0.1) is 5.82 Å². The van der Waals surface area contributed by atoms with Gasteiger partial charge in [0, 0.05) is 22.1 Å². The third kappa shape index (κ3) is 3.99.